The van der Waals surface area contributed by atoms with Crippen LogP contribution in [0.3, 0.4) is 0 Å². The molecular formula is C12H14N2O4. The number of imide groups is 1. The molecule has 0 atom stereocenters. The van der Waals surface area contributed by atoms with Crippen LogP contribution in [0.1, 0.15) is 30.1 Å². The minimum atomic E-state index is -0.942. The van der Waals surface area contributed by atoms with Crippen molar-refractivity contribution < 1.29 is 19.5 Å². The summed E-state index contributed by atoms with van der Waals surface area (Å²) in [6.07, 6.45) is 3.66. The summed E-state index contributed by atoms with van der Waals surface area (Å²) in [4.78, 5) is 36.5. The van der Waals surface area contributed by atoms with E-state index < -0.39 is 5.97 Å². The van der Waals surface area contributed by atoms with Crippen molar-refractivity contribution in [2.75, 3.05) is 6.54 Å². The number of aromatic nitrogens is 1. The fourth-order valence-corrected chi connectivity index (χ4v) is 1.46. The molecule has 0 radical (unpaired) electrons. The highest BCUT2D eigenvalue weighted by atomic mass is 16.4. The van der Waals surface area contributed by atoms with Crippen LogP contribution in [0.25, 0.3) is 0 Å². The molecule has 1 fully saturated rings. The Morgan fingerprint density at radius 2 is 2.00 bits per heavy atom. The minimum Gasteiger partial charge on any atom is -0.478 e. The van der Waals surface area contributed by atoms with E-state index in [1.54, 1.807) is 13.0 Å². The zero-order valence-electron chi connectivity index (χ0n) is 10.00. The normalized spacial score (nSPS) is 14.2. The number of amides is 2. The maximum atomic E-state index is 10.7. The lowest BCUT2D eigenvalue weighted by Crippen LogP contribution is -2.28. The van der Waals surface area contributed by atoms with Gasteiger partial charge in [0.15, 0.2) is 0 Å². The summed E-state index contributed by atoms with van der Waals surface area (Å²) in [5.41, 5.74) is 0.220. The van der Waals surface area contributed by atoms with Gasteiger partial charge >= 0.3 is 5.97 Å². The van der Waals surface area contributed by atoms with Crippen molar-refractivity contribution in [3.63, 3.8) is 0 Å². The van der Waals surface area contributed by atoms with E-state index >= 15 is 0 Å². The molecule has 1 aromatic rings. The number of pyridine rings is 1. The Morgan fingerprint density at radius 3 is 2.28 bits per heavy atom. The first-order valence-corrected chi connectivity index (χ1v) is 5.52. The predicted molar refractivity (Wildman–Crippen MR) is 62.8 cm³/mol. The number of carbonyl (C=O) groups is 3. The Kier molecular flexibility index (Phi) is 4.98. The highest BCUT2D eigenvalue weighted by molar-refractivity contribution is 6.01. The molecule has 1 N–H and O–H groups in total. The molecular weight excluding hydrogens is 236 g/mol. The van der Waals surface area contributed by atoms with Crippen molar-refractivity contribution in [1.82, 2.24) is 9.88 Å². The number of nitrogens with zero attached hydrogens (tertiary/aromatic N) is 2. The second-order valence-corrected chi connectivity index (χ2v) is 3.58. The van der Waals surface area contributed by atoms with E-state index in [0.29, 0.717) is 19.4 Å². The van der Waals surface area contributed by atoms with Crippen molar-refractivity contribution >= 4 is 17.8 Å². The van der Waals surface area contributed by atoms with E-state index in [4.69, 9.17) is 5.11 Å². The van der Waals surface area contributed by atoms with Crippen molar-refractivity contribution in [3.05, 3.63) is 30.1 Å². The highest BCUT2D eigenvalue weighted by Gasteiger charge is 2.26. The lowest BCUT2D eigenvalue weighted by Gasteiger charge is -2.08. The average Bonchev–Trinajstić information content (AvgIpc) is 2.70. The molecule has 0 spiro atoms. The molecule has 2 rings (SSSR count). The van der Waals surface area contributed by atoms with Crippen LogP contribution in [0.5, 0.6) is 0 Å². The number of rotatable bonds is 2. The van der Waals surface area contributed by atoms with E-state index in [1.165, 1.54) is 23.4 Å². The molecule has 2 heterocycles. The third-order valence-electron chi connectivity index (χ3n) is 2.38. The van der Waals surface area contributed by atoms with Crippen LogP contribution in [0, 0.1) is 0 Å². The van der Waals surface area contributed by atoms with Gasteiger partial charge < -0.3 is 5.11 Å². The minimum absolute atomic E-state index is 0.0255. The molecule has 0 saturated carbocycles. The van der Waals surface area contributed by atoms with Gasteiger partial charge in [-0.2, -0.15) is 0 Å². The summed E-state index contributed by atoms with van der Waals surface area (Å²) in [5.74, 6) is -0.992. The molecule has 18 heavy (non-hydrogen) atoms. The second kappa shape index (κ2) is 6.48. The molecule has 0 aliphatic carbocycles. The van der Waals surface area contributed by atoms with Gasteiger partial charge in [-0.15, -0.1) is 0 Å². The van der Waals surface area contributed by atoms with E-state index in [2.05, 4.69) is 4.98 Å². The zero-order chi connectivity index (χ0) is 13.5. The van der Waals surface area contributed by atoms with Gasteiger partial charge in [0.2, 0.25) is 11.8 Å². The van der Waals surface area contributed by atoms with E-state index in [0.717, 1.165) is 0 Å². The van der Waals surface area contributed by atoms with Crippen LogP contribution in [0.4, 0.5) is 0 Å². The molecule has 6 nitrogen and oxygen atoms in total. The van der Waals surface area contributed by atoms with Gasteiger partial charge in [-0.05, 0) is 19.1 Å². The molecule has 1 aliphatic heterocycles. The quantitative estimate of drug-likeness (QED) is 0.789. The average molecular weight is 250 g/mol. The van der Waals surface area contributed by atoms with Crippen LogP contribution in [-0.4, -0.2) is 39.3 Å². The van der Waals surface area contributed by atoms with Crippen molar-refractivity contribution in [2.45, 2.75) is 19.8 Å². The summed E-state index contributed by atoms with van der Waals surface area (Å²) in [6, 6.07) is 3.08. The van der Waals surface area contributed by atoms with Crippen LogP contribution >= 0.6 is 0 Å². The van der Waals surface area contributed by atoms with E-state index in [-0.39, 0.29) is 17.4 Å². The monoisotopic (exact) mass is 250 g/mol. The molecule has 1 saturated heterocycles. The van der Waals surface area contributed by atoms with Crippen molar-refractivity contribution in [3.8, 4) is 0 Å². The van der Waals surface area contributed by atoms with Gasteiger partial charge in [-0.3, -0.25) is 19.5 Å². The molecule has 0 unspecified atom stereocenters. The van der Waals surface area contributed by atoms with Gasteiger partial charge in [-0.1, -0.05) is 0 Å². The summed E-state index contributed by atoms with van der Waals surface area (Å²) in [5, 5.41) is 8.34. The van der Waals surface area contributed by atoms with Gasteiger partial charge in [0.25, 0.3) is 0 Å². The van der Waals surface area contributed by atoms with Crippen molar-refractivity contribution in [2.24, 2.45) is 0 Å². The number of hydrogen-bond acceptors (Lipinski definition) is 4. The van der Waals surface area contributed by atoms with E-state index in [9.17, 15) is 14.4 Å². The molecule has 0 aromatic carbocycles. The summed E-state index contributed by atoms with van der Waals surface area (Å²) < 4.78 is 0. The molecule has 96 valence electrons. The number of hydrogen-bond donors (Lipinski definition) is 1. The summed E-state index contributed by atoms with van der Waals surface area (Å²) in [7, 11) is 0. The first-order chi connectivity index (χ1) is 8.56. The fraction of sp³-hybridized carbons (Fsp3) is 0.333. The fourth-order valence-electron chi connectivity index (χ4n) is 1.46. The molecule has 1 aliphatic rings. The van der Waals surface area contributed by atoms with Crippen LogP contribution in [0.2, 0.25) is 0 Å². The zero-order valence-corrected chi connectivity index (χ0v) is 10.00. The molecule has 2 amide bonds. The van der Waals surface area contributed by atoms with Crippen LogP contribution in [-0.2, 0) is 9.59 Å². The number of likely N-dealkylation sites (tertiary alicyclic amines) is 1. The molecule has 0 bridgehead atoms. The Balaban J connectivity index is 0.000000180. The predicted octanol–water partition coefficient (Wildman–Crippen LogP) is 0.935. The number of carboxylic acid groups (broad SMARTS) is 1. The van der Waals surface area contributed by atoms with Gasteiger partial charge in [-0.25, -0.2) is 4.79 Å². The maximum absolute atomic E-state index is 10.7. The van der Waals surface area contributed by atoms with Crippen molar-refractivity contribution in [1.29, 1.82) is 0 Å². The maximum Gasteiger partial charge on any atom is 0.337 e. The Morgan fingerprint density at radius 1 is 1.39 bits per heavy atom. The molecule has 6 heteroatoms. The third-order valence-corrected chi connectivity index (χ3v) is 2.38. The first kappa shape index (κ1) is 13.8. The highest BCUT2D eigenvalue weighted by Crippen LogP contribution is 2.09. The SMILES string of the molecule is CCN1C(=O)CCC1=O.O=C(O)c1cccnc1. The van der Waals surface area contributed by atoms with Crippen LogP contribution < -0.4 is 0 Å². The van der Waals surface area contributed by atoms with Gasteiger partial charge in [0.05, 0.1) is 5.56 Å². The Bertz CT molecular complexity index is 429. The van der Waals surface area contributed by atoms with E-state index in [1.807, 2.05) is 0 Å². The lowest BCUT2D eigenvalue weighted by molar-refractivity contribution is -0.138. The first-order valence-electron chi connectivity index (χ1n) is 5.52. The number of aromatic carboxylic acids is 1. The second-order valence-electron chi connectivity index (χ2n) is 3.58. The molecule has 1 aromatic heterocycles. The Labute approximate surface area is 104 Å². The lowest BCUT2D eigenvalue weighted by atomic mass is 10.3. The largest absolute Gasteiger partial charge is 0.478 e. The summed E-state index contributed by atoms with van der Waals surface area (Å²) in [6.45, 7) is 2.33. The third kappa shape index (κ3) is 3.65. The summed E-state index contributed by atoms with van der Waals surface area (Å²) >= 11 is 0. The van der Waals surface area contributed by atoms with Crippen LogP contribution in [0.15, 0.2) is 24.5 Å². The number of carboxylic acids is 1. The van der Waals surface area contributed by atoms with Gasteiger partial charge in [0, 0.05) is 31.8 Å². The number of carbonyl (C=O) groups excluding carboxylic acids is 2. The Hall–Kier alpha value is -2.24. The topological polar surface area (TPSA) is 87.6 Å². The standard InChI is InChI=1S/C6H9NO2.C6H5NO2/c1-2-7-5(8)3-4-6(7)9;8-6(9)5-2-1-3-7-4-5/h2-4H2,1H3;1-4H,(H,8,9). The van der Waals surface area contributed by atoms with Gasteiger partial charge in [0.1, 0.15) is 0 Å². The smallest absolute Gasteiger partial charge is 0.337 e.